The van der Waals surface area contributed by atoms with E-state index in [-0.39, 0.29) is 5.91 Å². The molecule has 5 nitrogen and oxygen atoms in total. The number of hydrogen-bond acceptors (Lipinski definition) is 4. The molecule has 0 bridgehead atoms. The Kier molecular flexibility index (Phi) is 7.32. The molecule has 0 radical (unpaired) electrons. The number of carbonyl (C=O) groups is 1. The topological polar surface area (TPSA) is 48.0 Å². The van der Waals surface area contributed by atoms with Crippen molar-refractivity contribution in [3.05, 3.63) is 53.1 Å². The molecule has 2 aromatic carbocycles. The van der Waals surface area contributed by atoms with E-state index in [1.807, 2.05) is 31.2 Å². The maximum atomic E-state index is 12.8. The van der Waals surface area contributed by atoms with E-state index in [1.165, 1.54) is 0 Å². The molecular weight excluding hydrogens is 354 g/mol. The van der Waals surface area contributed by atoms with Crippen molar-refractivity contribution in [3.63, 3.8) is 0 Å². The standard InChI is InChI=1S/C23H31NO4/c1-15(2)19-10-8-16(3)12-21(19)28-17(4)23(25)24(5)14-18-9-11-20(26-6)22(13-18)27-7/h8-13,15,17H,14H2,1-7H3/t17-/m0/s1. The number of nitrogens with zero attached hydrogens (tertiary/aromatic N) is 1. The molecule has 0 saturated carbocycles. The molecule has 0 aromatic heterocycles. The van der Waals surface area contributed by atoms with Gasteiger partial charge in [0.25, 0.3) is 5.91 Å². The average Bonchev–Trinajstić information content (AvgIpc) is 2.66. The lowest BCUT2D eigenvalue weighted by Gasteiger charge is -2.24. The number of rotatable bonds is 8. The molecule has 1 atom stereocenters. The lowest BCUT2D eigenvalue weighted by atomic mass is 10.0. The van der Waals surface area contributed by atoms with E-state index >= 15 is 0 Å². The zero-order valence-electron chi connectivity index (χ0n) is 17.9. The lowest BCUT2D eigenvalue weighted by Crippen LogP contribution is -2.37. The van der Waals surface area contributed by atoms with E-state index in [9.17, 15) is 4.79 Å². The number of methoxy groups -OCH3 is 2. The number of hydrogen-bond donors (Lipinski definition) is 0. The van der Waals surface area contributed by atoms with Gasteiger partial charge in [-0.3, -0.25) is 4.79 Å². The predicted molar refractivity (Wildman–Crippen MR) is 111 cm³/mol. The molecule has 0 fully saturated rings. The summed E-state index contributed by atoms with van der Waals surface area (Å²) in [5.41, 5.74) is 3.17. The Morgan fingerprint density at radius 3 is 2.25 bits per heavy atom. The van der Waals surface area contributed by atoms with Gasteiger partial charge in [0.05, 0.1) is 14.2 Å². The van der Waals surface area contributed by atoms with Gasteiger partial charge in [-0.1, -0.05) is 32.0 Å². The number of ether oxygens (including phenoxy) is 3. The van der Waals surface area contributed by atoms with Gasteiger partial charge >= 0.3 is 0 Å². The Morgan fingerprint density at radius 2 is 1.64 bits per heavy atom. The summed E-state index contributed by atoms with van der Waals surface area (Å²) in [5.74, 6) is 2.33. The second-order valence-corrected chi connectivity index (χ2v) is 7.34. The number of amides is 1. The molecule has 0 N–H and O–H groups in total. The fourth-order valence-electron chi connectivity index (χ4n) is 3.10. The maximum absolute atomic E-state index is 12.8. The van der Waals surface area contributed by atoms with Crippen molar-refractivity contribution >= 4 is 5.91 Å². The third-order valence-electron chi connectivity index (χ3n) is 4.69. The van der Waals surface area contributed by atoms with Crippen LogP contribution in [0.4, 0.5) is 0 Å². The van der Waals surface area contributed by atoms with Crippen LogP contribution in [0.3, 0.4) is 0 Å². The summed E-state index contributed by atoms with van der Waals surface area (Å²) in [4.78, 5) is 14.5. The van der Waals surface area contributed by atoms with Crippen LogP contribution in [0, 0.1) is 6.92 Å². The largest absolute Gasteiger partial charge is 0.493 e. The molecule has 2 aromatic rings. The van der Waals surface area contributed by atoms with Gasteiger partial charge in [0.2, 0.25) is 0 Å². The highest BCUT2D eigenvalue weighted by Gasteiger charge is 2.21. The molecule has 2 rings (SSSR count). The van der Waals surface area contributed by atoms with Gasteiger partial charge in [0.15, 0.2) is 17.6 Å². The highest BCUT2D eigenvalue weighted by Crippen LogP contribution is 2.29. The van der Waals surface area contributed by atoms with Crippen molar-refractivity contribution < 1.29 is 19.0 Å². The highest BCUT2D eigenvalue weighted by atomic mass is 16.5. The molecular formula is C23H31NO4. The number of likely N-dealkylation sites (N-methyl/N-ethyl adjacent to an activating group) is 1. The molecule has 0 unspecified atom stereocenters. The van der Waals surface area contributed by atoms with Crippen molar-refractivity contribution in [1.82, 2.24) is 4.90 Å². The maximum Gasteiger partial charge on any atom is 0.263 e. The minimum absolute atomic E-state index is 0.0778. The van der Waals surface area contributed by atoms with Crippen molar-refractivity contribution in [2.24, 2.45) is 0 Å². The molecule has 5 heteroatoms. The Morgan fingerprint density at radius 1 is 0.964 bits per heavy atom. The Balaban J connectivity index is 2.10. The molecule has 0 saturated heterocycles. The van der Waals surface area contributed by atoms with E-state index in [2.05, 4.69) is 26.0 Å². The second kappa shape index (κ2) is 9.49. The third-order valence-corrected chi connectivity index (χ3v) is 4.69. The average molecular weight is 386 g/mol. The summed E-state index contributed by atoms with van der Waals surface area (Å²) in [5, 5.41) is 0. The van der Waals surface area contributed by atoms with Crippen LogP contribution in [0.1, 0.15) is 43.4 Å². The normalized spacial score (nSPS) is 11.9. The third kappa shape index (κ3) is 5.18. The van der Waals surface area contributed by atoms with Gasteiger partial charge in [0, 0.05) is 13.6 Å². The van der Waals surface area contributed by atoms with Crippen LogP contribution in [0.5, 0.6) is 17.2 Å². The van der Waals surface area contributed by atoms with Crippen LogP contribution in [0.25, 0.3) is 0 Å². The van der Waals surface area contributed by atoms with Gasteiger partial charge in [-0.15, -0.1) is 0 Å². The Hall–Kier alpha value is -2.69. The van der Waals surface area contributed by atoms with Crippen LogP contribution < -0.4 is 14.2 Å². The van der Waals surface area contributed by atoms with E-state index in [4.69, 9.17) is 14.2 Å². The monoisotopic (exact) mass is 385 g/mol. The number of carbonyl (C=O) groups excluding carboxylic acids is 1. The zero-order chi connectivity index (χ0) is 20.8. The first-order valence-electron chi connectivity index (χ1n) is 9.49. The van der Waals surface area contributed by atoms with Gasteiger partial charge in [-0.2, -0.15) is 0 Å². The van der Waals surface area contributed by atoms with Gasteiger partial charge in [-0.05, 0) is 54.7 Å². The summed E-state index contributed by atoms with van der Waals surface area (Å²) in [7, 11) is 4.97. The Bertz CT molecular complexity index is 816. The lowest BCUT2D eigenvalue weighted by molar-refractivity contribution is -0.137. The van der Waals surface area contributed by atoms with E-state index in [1.54, 1.807) is 33.1 Å². The smallest absolute Gasteiger partial charge is 0.263 e. The van der Waals surface area contributed by atoms with Gasteiger partial charge in [0.1, 0.15) is 5.75 Å². The van der Waals surface area contributed by atoms with Crippen LogP contribution >= 0.6 is 0 Å². The van der Waals surface area contributed by atoms with Gasteiger partial charge < -0.3 is 19.1 Å². The van der Waals surface area contributed by atoms with Crippen LogP contribution in [0.15, 0.2) is 36.4 Å². The minimum Gasteiger partial charge on any atom is -0.493 e. The van der Waals surface area contributed by atoms with E-state index < -0.39 is 6.10 Å². The van der Waals surface area contributed by atoms with E-state index in [0.29, 0.717) is 24.0 Å². The first-order valence-corrected chi connectivity index (χ1v) is 9.49. The summed E-state index contributed by atoms with van der Waals surface area (Å²) in [6, 6.07) is 11.8. The van der Waals surface area contributed by atoms with Crippen LogP contribution in [-0.2, 0) is 11.3 Å². The molecule has 0 heterocycles. The summed E-state index contributed by atoms with van der Waals surface area (Å²) in [6.45, 7) is 8.50. The number of aryl methyl sites for hydroxylation is 1. The van der Waals surface area contributed by atoms with Crippen molar-refractivity contribution in [1.29, 1.82) is 0 Å². The van der Waals surface area contributed by atoms with Gasteiger partial charge in [-0.25, -0.2) is 0 Å². The molecule has 0 spiro atoms. The second-order valence-electron chi connectivity index (χ2n) is 7.34. The van der Waals surface area contributed by atoms with Crippen molar-refractivity contribution in [2.45, 2.75) is 46.3 Å². The summed E-state index contributed by atoms with van der Waals surface area (Å²) in [6.07, 6.45) is -0.579. The summed E-state index contributed by atoms with van der Waals surface area (Å²) < 4.78 is 16.7. The molecule has 1 amide bonds. The van der Waals surface area contributed by atoms with Crippen LogP contribution in [-0.4, -0.2) is 38.2 Å². The molecule has 28 heavy (non-hydrogen) atoms. The minimum atomic E-state index is -0.579. The van der Waals surface area contributed by atoms with E-state index in [0.717, 1.165) is 22.4 Å². The number of benzene rings is 2. The first-order chi connectivity index (χ1) is 13.3. The first kappa shape index (κ1) is 21.6. The zero-order valence-corrected chi connectivity index (χ0v) is 17.9. The van der Waals surface area contributed by atoms with Crippen molar-refractivity contribution in [2.75, 3.05) is 21.3 Å². The van der Waals surface area contributed by atoms with Crippen LogP contribution in [0.2, 0.25) is 0 Å². The quantitative estimate of drug-likeness (QED) is 0.668. The highest BCUT2D eigenvalue weighted by molar-refractivity contribution is 5.80. The fourth-order valence-corrected chi connectivity index (χ4v) is 3.10. The van der Waals surface area contributed by atoms with Crippen molar-refractivity contribution in [3.8, 4) is 17.2 Å². The predicted octanol–water partition coefficient (Wildman–Crippen LogP) is 4.56. The summed E-state index contributed by atoms with van der Waals surface area (Å²) >= 11 is 0. The molecule has 0 aliphatic heterocycles. The molecule has 0 aliphatic carbocycles. The molecule has 152 valence electrons. The molecule has 0 aliphatic rings. The SMILES string of the molecule is COc1ccc(CN(C)C(=O)[C@H](C)Oc2cc(C)ccc2C(C)C)cc1OC. The fraction of sp³-hybridized carbons (Fsp3) is 0.435. The Labute approximate surface area is 168 Å².